The summed E-state index contributed by atoms with van der Waals surface area (Å²) in [5.74, 6) is 0. The van der Waals surface area contributed by atoms with Crippen LogP contribution >= 0.6 is 0 Å². The molecule has 5 nitrogen and oxygen atoms in total. The fourth-order valence-electron chi connectivity index (χ4n) is 1.90. The maximum absolute atomic E-state index is 8.33. The molecule has 0 spiro atoms. The summed E-state index contributed by atoms with van der Waals surface area (Å²) in [7, 11) is 2.19. The van der Waals surface area contributed by atoms with Crippen LogP contribution in [0.15, 0.2) is 24.5 Å². The monoisotopic (exact) mass is 262 g/mol. The Kier molecular flexibility index (Phi) is 8.51. The van der Waals surface area contributed by atoms with Crippen molar-refractivity contribution in [1.29, 1.82) is 0 Å². The Hall–Kier alpha value is -0.360. The number of rotatable bonds is 1. The predicted octanol–water partition coefficient (Wildman–Crippen LogP) is -0.979. The van der Waals surface area contributed by atoms with Crippen LogP contribution in [0.1, 0.15) is 24.4 Å². The first kappa shape index (κ1) is 16.6. The molecule has 0 radical (unpaired) electrons. The molecule has 88 valence electrons. The Labute approximate surface area is 130 Å². The molecule has 17 heavy (non-hydrogen) atoms. The molecule has 0 aliphatic carbocycles. The third-order valence-corrected chi connectivity index (χ3v) is 2.59. The molecular weight excluding hydrogens is 248 g/mol. The SMILES string of the molecule is CN1CCCC1c1cccnc1.O=C([O-])[O-].[Ca+2]. The van der Waals surface area contributed by atoms with Crippen LogP contribution in [-0.4, -0.2) is 67.4 Å². The van der Waals surface area contributed by atoms with Gasteiger partial charge in [-0.3, -0.25) is 9.88 Å². The number of nitrogens with zero attached hydrogens (tertiary/aromatic N) is 2. The standard InChI is InChI=1S/C10H14N2.CH2O3.Ca/c1-12-7-3-5-10(12)9-4-2-6-11-8-9;2-1(3)4;/h2,4,6,8,10H,3,5,7H2,1H3;(H2,2,3,4);/q;;+2/p-2. The second-order valence-corrected chi connectivity index (χ2v) is 3.67. The molecule has 1 saturated heterocycles. The molecule has 0 amide bonds. The Balaban J connectivity index is 0.000000453. The van der Waals surface area contributed by atoms with E-state index >= 15 is 0 Å². The fraction of sp³-hybridized carbons (Fsp3) is 0.455. The first-order chi connectivity index (χ1) is 7.61. The van der Waals surface area contributed by atoms with E-state index in [0.29, 0.717) is 6.04 Å². The van der Waals surface area contributed by atoms with Gasteiger partial charge in [-0.1, -0.05) is 6.07 Å². The van der Waals surface area contributed by atoms with Gasteiger partial charge in [-0.2, -0.15) is 0 Å². The zero-order chi connectivity index (χ0) is 12.0. The molecule has 2 heterocycles. The first-order valence-corrected chi connectivity index (χ1v) is 5.09. The third-order valence-electron chi connectivity index (χ3n) is 2.59. The van der Waals surface area contributed by atoms with Crippen LogP contribution in [0.3, 0.4) is 0 Å². The van der Waals surface area contributed by atoms with Gasteiger partial charge in [-0.25, -0.2) is 0 Å². The van der Waals surface area contributed by atoms with Crippen molar-refractivity contribution in [2.24, 2.45) is 0 Å². The van der Waals surface area contributed by atoms with Gasteiger partial charge in [-0.15, -0.1) is 0 Å². The largest absolute Gasteiger partial charge is 2.00 e. The summed E-state index contributed by atoms with van der Waals surface area (Å²) in [5, 5.41) is 16.7. The van der Waals surface area contributed by atoms with Crippen LogP contribution in [0, 0.1) is 0 Å². The van der Waals surface area contributed by atoms with Crippen molar-refractivity contribution < 1.29 is 15.0 Å². The van der Waals surface area contributed by atoms with Crippen LogP contribution in [0.4, 0.5) is 4.79 Å². The molecule has 1 fully saturated rings. The molecule has 0 saturated carbocycles. The van der Waals surface area contributed by atoms with Crippen LogP contribution in [0.5, 0.6) is 0 Å². The van der Waals surface area contributed by atoms with Gasteiger partial charge in [-0.05, 0) is 44.2 Å². The summed E-state index contributed by atoms with van der Waals surface area (Å²) in [5.41, 5.74) is 1.36. The Morgan fingerprint density at radius 2 is 2.18 bits per heavy atom. The molecule has 1 atom stereocenters. The van der Waals surface area contributed by atoms with E-state index < -0.39 is 6.16 Å². The molecule has 1 aliphatic rings. The van der Waals surface area contributed by atoms with E-state index in [1.54, 1.807) is 0 Å². The summed E-state index contributed by atoms with van der Waals surface area (Å²) in [6, 6.07) is 4.79. The number of carbonyl (C=O) groups excluding carboxylic acids is 1. The maximum Gasteiger partial charge on any atom is 2.00 e. The number of aromatic nitrogens is 1. The van der Waals surface area contributed by atoms with E-state index in [-0.39, 0.29) is 37.7 Å². The van der Waals surface area contributed by atoms with E-state index in [1.807, 2.05) is 18.5 Å². The molecule has 1 aliphatic heterocycles. The third kappa shape index (κ3) is 6.21. The van der Waals surface area contributed by atoms with Crippen molar-refractivity contribution in [2.75, 3.05) is 13.6 Å². The van der Waals surface area contributed by atoms with Crippen molar-refractivity contribution in [1.82, 2.24) is 9.88 Å². The van der Waals surface area contributed by atoms with E-state index in [9.17, 15) is 0 Å². The van der Waals surface area contributed by atoms with Gasteiger partial charge >= 0.3 is 37.7 Å². The molecule has 0 aromatic carbocycles. The van der Waals surface area contributed by atoms with Crippen molar-refractivity contribution in [3.05, 3.63) is 30.1 Å². The number of hydrogen-bond donors (Lipinski definition) is 0. The van der Waals surface area contributed by atoms with Crippen molar-refractivity contribution in [3.63, 3.8) is 0 Å². The predicted molar refractivity (Wildman–Crippen MR) is 60.0 cm³/mol. The van der Waals surface area contributed by atoms with Crippen molar-refractivity contribution >= 4 is 43.9 Å². The average Bonchev–Trinajstić information content (AvgIpc) is 2.65. The minimum absolute atomic E-state index is 0. The van der Waals surface area contributed by atoms with Gasteiger partial charge in [0.25, 0.3) is 0 Å². The quantitative estimate of drug-likeness (QED) is 0.608. The van der Waals surface area contributed by atoms with Crippen LogP contribution in [0.25, 0.3) is 0 Å². The van der Waals surface area contributed by atoms with Gasteiger partial charge in [0.2, 0.25) is 0 Å². The number of carboxylic acid groups (broad SMARTS) is 2. The average molecular weight is 262 g/mol. The zero-order valence-electron chi connectivity index (χ0n) is 9.83. The van der Waals surface area contributed by atoms with E-state index in [4.69, 9.17) is 15.0 Å². The molecular formula is C11H14CaN2O3. The van der Waals surface area contributed by atoms with Gasteiger partial charge in [0, 0.05) is 18.4 Å². The van der Waals surface area contributed by atoms with Gasteiger partial charge in [0.15, 0.2) is 0 Å². The summed E-state index contributed by atoms with van der Waals surface area (Å²) in [4.78, 5) is 14.9. The van der Waals surface area contributed by atoms with Gasteiger partial charge in [0.1, 0.15) is 0 Å². The Morgan fingerprint density at radius 3 is 2.59 bits per heavy atom. The Morgan fingerprint density at radius 1 is 1.53 bits per heavy atom. The summed E-state index contributed by atoms with van der Waals surface area (Å²) >= 11 is 0. The Bertz CT molecular complexity index is 331. The first-order valence-electron chi connectivity index (χ1n) is 5.09. The molecule has 0 bridgehead atoms. The minimum Gasteiger partial charge on any atom is -0.652 e. The molecule has 0 N–H and O–H groups in total. The normalized spacial score (nSPS) is 18.8. The smallest absolute Gasteiger partial charge is 0.652 e. The molecule has 1 unspecified atom stereocenters. The van der Waals surface area contributed by atoms with Crippen molar-refractivity contribution in [2.45, 2.75) is 18.9 Å². The van der Waals surface area contributed by atoms with Crippen LogP contribution < -0.4 is 10.2 Å². The van der Waals surface area contributed by atoms with Crippen LogP contribution in [-0.2, 0) is 0 Å². The molecule has 6 heteroatoms. The summed E-state index contributed by atoms with van der Waals surface area (Å²) in [6.07, 6.45) is 4.07. The number of hydrogen-bond acceptors (Lipinski definition) is 5. The molecule has 1 aromatic heterocycles. The number of carbonyl (C=O) groups is 1. The number of pyridine rings is 1. The van der Waals surface area contributed by atoms with E-state index in [2.05, 4.69) is 23.0 Å². The molecule has 1 aromatic rings. The zero-order valence-corrected chi connectivity index (χ0v) is 12.0. The summed E-state index contributed by atoms with van der Waals surface area (Å²) < 4.78 is 0. The van der Waals surface area contributed by atoms with Crippen molar-refractivity contribution in [3.8, 4) is 0 Å². The van der Waals surface area contributed by atoms with E-state index in [1.165, 1.54) is 24.9 Å². The van der Waals surface area contributed by atoms with E-state index in [0.717, 1.165) is 0 Å². The second-order valence-electron chi connectivity index (χ2n) is 3.67. The van der Waals surface area contributed by atoms with Gasteiger partial charge < -0.3 is 15.0 Å². The van der Waals surface area contributed by atoms with Gasteiger partial charge in [0.05, 0.1) is 0 Å². The molecule has 2 rings (SSSR count). The summed E-state index contributed by atoms with van der Waals surface area (Å²) in [6.45, 7) is 1.22. The second kappa shape index (κ2) is 8.69. The number of likely N-dealkylation sites (tertiary alicyclic amines) is 1. The minimum atomic E-state index is -2.33. The fourth-order valence-corrected chi connectivity index (χ4v) is 1.90. The van der Waals surface area contributed by atoms with Crippen LogP contribution in [0.2, 0.25) is 0 Å². The maximum atomic E-state index is 8.33. The topological polar surface area (TPSA) is 79.3 Å².